The van der Waals surface area contributed by atoms with Gasteiger partial charge in [0.05, 0.1) is 18.4 Å². The minimum atomic E-state index is 0.129. The van der Waals surface area contributed by atoms with Crippen LogP contribution in [-0.4, -0.2) is 62.9 Å². The number of piperidine rings is 1. The molecule has 1 aliphatic carbocycles. The minimum Gasteiger partial charge on any atom is -0.496 e. The van der Waals surface area contributed by atoms with Crippen LogP contribution in [0.1, 0.15) is 47.8 Å². The number of aryl methyl sites for hydroxylation is 1. The molecule has 3 heterocycles. The number of nitrogens with zero attached hydrogens (tertiary/aromatic N) is 5. The lowest BCUT2D eigenvalue weighted by Crippen LogP contribution is -2.28. The number of ether oxygens (including phenoxy) is 1. The average Bonchev–Trinajstić information content (AvgIpc) is 3.13. The Bertz CT molecular complexity index is 1210. The third-order valence-corrected chi connectivity index (χ3v) is 8.35. The summed E-state index contributed by atoms with van der Waals surface area (Å²) in [7, 11) is 3.62. The Morgan fingerprint density at radius 3 is 2.94 bits per heavy atom. The zero-order valence-electron chi connectivity index (χ0n) is 20.2. The van der Waals surface area contributed by atoms with Crippen molar-refractivity contribution in [1.29, 1.82) is 0 Å². The Balaban J connectivity index is 1.15. The topological polar surface area (TPSA) is 86.3 Å². The highest BCUT2D eigenvalue weighted by molar-refractivity contribution is 7.99. The lowest BCUT2D eigenvalue weighted by Gasteiger charge is -2.21. The van der Waals surface area contributed by atoms with Gasteiger partial charge in [-0.3, -0.25) is 4.79 Å². The van der Waals surface area contributed by atoms with E-state index in [2.05, 4.69) is 32.2 Å². The van der Waals surface area contributed by atoms with Crippen molar-refractivity contribution in [3.05, 3.63) is 41.4 Å². The summed E-state index contributed by atoms with van der Waals surface area (Å²) in [6, 6.07) is 6.20. The van der Waals surface area contributed by atoms with Crippen molar-refractivity contribution in [3.63, 3.8) is 0 Å². The van der Waals surface area contributed by atoms with E-state index in [1.54, 1.807) is 18.9 Å². The van der Waals surface area contributed by atoms with Gasteiger partial charge in [0.2, 0.25) is 5.82 Å². The Morgan fingerprint density at radius 2 is 2.21 bits per heavy atom. The fourth-order valence-corrected chi connectivity index (χ4v) is 6.07. The highest BCUT2D eigenvalue weighted by atomic mass is 32.2. The number of oxazole rings is 1. The summed E-state index contributed by atoms with van der Waals surface area (Å²) >= 11 is 1.73. The molecule has 0 bridgehead atoms. The summed E-state index contributed by atoms with van der Waals surface area (Å²) in [6.45, 7) is 7.08. The monoisotopic (exact) mass is 481 g/mol. The van der Waals surface area contributed by atoms with Crippen molar-refractivity contribution in [2.24, 2.45) is 13.0 Å². The number of carbonyl (C=O) groups excluding carboxylic acids is 1. The maximum atomic E-state index is 12.2. The number of ketones is 1. The van der Waals surface area contributed by atoms with E-state index in [0.29, 0.717) is 35.2 Å². The van der Waals surface area contributed by atoms with Gasteiger partial charge in [-0.05, 0) is 49.9 Å². The molecule has 2 aliphatic rings. The van der Waals surface area contributed by atoms with E-state index in [0.717, 1.165) is 42.7 Å². The quantitative estimate of drug-likeness (QED) is 0.243. The van der Waals surface area contributed by atoms with Gasteiger partial charge in [-0.2, -0.15) is 0 Å². The Morgan fingerprint density at radius 1 is 1.35 bits per heavy atom. The Hall–Kier alpha value is -2.65. The van der Waals surface area contributed by atoms with E-state index in [4.69, 9.17) is 9.15 Å². The number of rotatable bonds is 10. The van der Waals surface area contributed by atoms with E-state index in [1.807, 2.05) is 31.5 Å². The summed E-state index contributed by atoms with van der Waals surface area (Å²) in [5, 5.41) is 9.51. The zero-order chi connectivity index (χ0) is 23.9. The Kier molecular flexibility index (Phi) is 6.24. The predicted molar refractivity (Wildman–Crippen MR) is 130 cm³/mol. The molecule has 0 amide bonds. The van der Waals surface area contributed by atoms with E-state index >= 15 is 0 Å². The number of Topliss-reactive ketones (excluding diaryl/α,β-unsaturated/α-hetero) is 1. The highest BCUT2D eigenvalue weighted by Gasteiger charge is 2.60. The van der Waals surface area contributed by atoms with Crippen LogP contribution < -0.4 is 4.74 Å². The van der Waals surface area contributed by atoms with Crippen LogP contribution in [-0.2, 0) is 12.5 Å². The molecule has 0 spiro atoms. The number of aromatic nitrogens is 4. The van der Waals surface area contributed by atoms with Crippen molar-refractivity contribution in [2.75, 3.05) is 32.5 Å². The lowest BCUT2D eigenvalue weighted by molar-refractivity contribution is 0.0985. The molecular formula is C25H31N5O3S. The van der Waals surface area contributed by atoms with Crippen LogP contribution in [0.4, 0.5) is 0 Å². The minimum absolute atomic E-state index is 0.129. The van der Waals surface area contributed by atoms with Crippen LogP contribution >= 0.6 is 11.8 Å². The highest BCUT2D eigenvalue weighted by Crippen LogP contribution is 2.59. The first-order chi connectivity index (χ1) is 16.5. The molecular weight excluding hydrogens is 450 g/mol. The van der Waals surface area contributed by atoms with Gasteiger partial charge in [0, 0.05) is 37.7 Å². The van der Waals surface area contributed by atoms with Gasteiger partial charge in [0.15, 0.2) is 23.1 Å². The van der Waals surface area contributed by atoms with Crippen LogP contribution in [0.2, 0.25) is 0 Å². The molecule has 8 nitrogen and oxygen atoms in total. The molecule has 3 aromatic rings. The fourth-order valence-electron chi connectivity index (χ4n) is 5.23. The van der Waals surface area contributed by atoms with E-state index in [-0.39, 0.29) is 11.2 Å². The SMILES string of the molecule is CCC(=O)c1ccc([C@@]23C[C@@H]2CN(CCCSc2nnc(-c4ocnc4C)n2C)C3)cc1OC. The normalized spacial score (nSPS) is 21.6. The van der Waals surface area contributed by atoms with E-state index in [9.17, 15) is 4.79 Å². The average molecular weight is 482 g/mol. The van der Waals surface area contributed by atoms with Gasteiger partial charge in [-0.1, -0.05) is 24.8 Å². The molecule has 0 radical (unpaired) electrons. The first-order valence-corrected chi connectivity index (χ1v) is 12.8. The van der Waals surface area contributed by atoms with Crippen LogP contribution in [0.5, 0.6) is 5.75 Å². The summed E-state index contributed by atoms with van der Waals surface area (Å²) in [6.07, 6.45) is 4.24. The van der Waals surface area contributed by atoms with Gasteiger partial charge >= 0.3 is 0 Å². The molecule has 1 aliphatic heterocycles. The summed E-state index contributed by atoms with van der Waals surface area (Å²) in [4.78, 5) is 18.9. The van der Waals surface area contributed by atoms with Crippen LogP contribution in [0.3, 0.4) is 0 Å². The molecule has 0 N–H and O–H groups in total. The van der Waals surface area contributed by atoms with Gasteiger partial charge in [-0.25, -0.2) is 4.98 Å². The van der Waals surface area contributed by atoms with Crippen molar-refractivity contribution in [1.82, 2.24) is 24.6 Å². The molecule has 9 heteroatoms. The third-order valence-electron chi connectivity index (χ3n) is 7.25. The number of hydrogen-bond donors (Lipinski definition) is 0. The molecule has 1 saturated heterocycles. The molecule has 2 aromatic heterocycles. The third kappa shape index (κ3) is 4.05. The van der Waals surface area contributed by atoms with Crippen molar-refractivity contribution < 1.29 is 13.9 Å². The summed E-state index contributed by atoms with van der Waals surface area (Å²) in [5.74, 6) is 3.90. The second-order valence-electron chi connectivity index (χ2n) is 9.32. The number of thioether (sulfide) groups is 1. The number of carbonyl (C=O) groups is 1. The lowest BCUT2D eigenvalue weighted by atomic mass is 9.92. The largest absolute Gasteiger partial charge is 0.496 e. The van der Waals surface area contributed by atoms with Gasteiger partial charge in [0.1, 0.15) is 5.75 Å². The van der Waals surface area contributed by atoms with Gasteiger partial charge < -0.3 is 18.6 Å². The van der Waals surface area contributed by atoms with Crippen molar-refractivity contribution >= 4 is 17.5 Å². The predicted octanol–water partition coefficient (Wildman–Crippen LogP) is 4.14. The molecule has 180 valence electrons. The second kappa shape index (κ2) is 9.19. The Labute approximate surface area is 204 Å². The van der Waals surface area contributed by atoms with Crippen LogP contribution in [0.25, 0.3) is 11.6 Å². The second-order valence-corrected chi connectivity index (χ2v) is 10.4. The smallest absolute Gasteiger partial charge is 0.202 e. The van der Waals surface area contributed by atoms with Crippen LogP contribution in [0.15, 0.2) is 34.2 Å². The number of likely N-dealkylation sites (tertiary alicyclic amines) is 1. The van der Waals surface area contributed by atoms with Gasteiger partial charge in [0.25, 0.3) is 0 Å². The van der Waals surface area contributed by atoms with Crippen molar-refractivity contribution in [2.45, 2.75) is 43.7 Å². The maximum absolute atomic E-state index is 12.2. The number of benzene rings is 1. The van der Waals surface area contributed by atoms with Gasteiger partial charge in [-0.15, -0.1) is 10.2 Å². The zero-order valence-corrected chi connectivity index (χ0v) is 21.0. The standard InChI is InChI=1S/C25H31N5O3S/c1-5-20(31)19-8-7-17(11-21(19)32-4)25-12-18(25)13-30(14-25)9-6-10-34-24-28-27-23(29(24)3)22-16(2)26-15-33-22/h7-8,11,15,18H,5-6,9-10,12-14H2,1-4H3/t18-,25+/m1/s1. The summed E-state index contributed by atoms with van der Waals surface area (Å²) in [5.41, 5.74) is 3.05. The van der Waals surface area contributed by atoms with Crippen molar-refractivity contribution in [3.8, 4) is 17.3 Å². The first-order valence-electron chi connectivity index (χ1n) is 11.8. The molecule has 5 rings (SSSR count). The molecule has 34 heavy (non-hydrogen) atoms. The molecule has 1 saturated carbocycles. The van der Waals surface area contributed by atoms with Crippen LogP contribution in [0, 0.1) is 12.8 Å². The molecule has 2 atom stereocenters. The fraction of sp³-hybridized carbons (Fsp3) is 0.520. The number of hydrogen-bond acceptors (Lipinski definition) is 8. The molecule has 1 aromatic carbocycles. The molecule has 2 fully saturated rings. The molecule has 0 unspecified atom stereocenters. The first kappa shape index (κ1) is 23.1. The summed E-state index contributed by atoms with van der Waals surface area (Å²) < 4.78 is 13.0. The maximum Gasteiger partial charge on any atom is 0.202 e. The number of fused-ring (bicyclic) bond motifs is 1. The van der Waals surface area contributed by atoms with E-state index < -0.39 is 0 Å². The van der Waals surface area contributed by atoms with E-state index in [1.165, 1.54) is 18.4 Å². The number of methoxy groups -OCH3 is 1.